The molecule has 5 nitrogen and oxygen atoms in total. The van der Waals surface area contributed by atoms with E-state index in [1.807, 2.05) is 24.3 Å². The van der Waals surface area contributed by atoms with Gasteiger partial charge in [-0.3, -0.25) is 4.72 Å². The fourth-order valence-corrected chi connectivity index (χ4v) is 7.25. The Balaban J connectivity index is 1.61. The van der Waals surface area contributed by atoms with E-state index in [2.05, 4.69) is 9.71 Å². The van der Waals surface area contributed by atoms with Gasteiger partial charge in [0.15, 0.2) is 4.34 Å². The van der Waals surface area contributed by atoms with E-state index in [0.717, 1.165) is 14.6 Å². The van der Waals surface area contributed by atoms with Crippen molar-refractivity contribution in [1.29, 1.82) is 0 Å². The van der Waals surface area contributed by atoms with Crippen molar-refractivity contribution in [3.8, 4) is 5.75 Å². The lowest BCUT2D eigenvalue weighted by Crippen LogP contribution is -2.14. The lowest BCUT2D eigenvalue weighted by Gasteiger charge is -2.15. The first-order valence-electron chi connectivity index (χ1n) is 9.89. The summed E-state index contributed by atoms with van der Waals surface area (Å²) in [7, 11) is -3.92. The van der Waals surface area contributed by atoms with E-state index in [-0.39, 0.29) is 10.6 Å². The number of halogens is 1. The molecule has 0 aliphatic rings. The van der Waals surface area contributed by atoms with Crippen molar-refractivity contribution < 1.29 is 13.5 Å². The van der Waals surface area contributed by atoms with Crippen molar-refractivity contribution in [1.82, 2.24) is 4.98 Å². The molecule has 5 aromatic rings. The normalized spacial score (nSPS) is 11.8. The first-order chi connectivity index (χ1) is 15.8. The first kappa shape index (κ1) is 22.0. The summed E-state index contributed by atoms with van der Waals surface area (Å²) in [6.45, 7) is 1.72. The number of hydrogen-bond acceptors (Lipinski definition) is 6. The molecular weight excluding hydrogens is 496 g/mol. The molecule has 33 heavy (non-hydrogen) atoms. The Hall–Kier alpha value is -2.78. The van der Waals surface area contributed by atoms with Gasteiger partial charge in [-0.1, -0.05) is 65.8 Å². The van der Waals surface area contributed by atoms with Crippen LogP contribution in [0.25, 0.3) is 21.0 Å². The molecule has 0 saturated heterocycles. The second-order valence-electron chi connectivity index (χ2n) is 7.38. The van der Waals surface area contributed by atoms with Crippen LogP contribution >= 0.6 is 34.7 Å². The molecular formula is C24H17ClN2O3S3. The van der Waals surface area contributed by atoms with Gasteiger partial charge in [-0.2, -0.15) is 0 Å². The number of nitrogens with one attached hydrogen (secondary N) is 1. The van der Waals surface area contributed by atoms with Crippen LogP contribution < -0.4 is 4.72 Å². The Morgan fingerprint density at radius 3 is 2.52 bits per heavy atom. The predicted molar refractivity (Wildman–Crippen MR) is 136 cm³/mol. The van der Waals surface area contributed by atoms with Gasteiger partial charge < -0.3 is 5.11 Å². The molecule has 0 aliphatic carbocycles. The zero-order valence-electron chi connectivity index (χ0n) is 17.2. The minimum atomic E-state index is -3.92. The zero-order valence-corrected chi connectivity index (χ0v) is 20.4. The largest absolute Gasteiger partial charge is 0.506 e. The number of sulfonamides is 1. The Kier molecular flexibility index (Phi) is 5.70. The zero-order chi connectivity index (χ0) is 23.2. The van der Waals surface area contributed by atoms with Gasteiger partial charge >= 0.3 is 0 Å². The molecule has 2 N–H and O–H groups in total. The predicted octanol–water partition coefficient (Wildman–Crippen LogP) is 7.07. The van der Waals surface area contributed by atoms with Crippen LogP contribution in [0.5, 0.6) is 5.75 Å². The van der Waals surface area contributed by atoms with Crippen molar-refractivity contribution in [3.05, 3.63) is 83.4 Å². The molecule has 1 heterocycles. The van der Waals surface area contributed by atoms with E-state index in [4.69, 9.17) is 11.6 Å². The van der Waals surface area contributed by atoms with E-state index >= 15 is 0 Å². The molecule has 0 aliphatic heterocycles. The minimum absolute atomic E-state index is 0.0803. The van der Waals surface area contributed by atoms with Crippen molar-refractivity contribution in [3.63, 3.8) is 0 Å². The highest BCUT2D eigenvalue weighted by Crippen LogP contribution is 2.44. The van der Waals surface area contributed by atoms with Gasteiger partial charge in [0.2, 0.25) is 0 Å². The second kappa shape index (κ2) is 8.53. The number of benzene rings is 4. The van der Waals surface area contributed by atoms with E-state index < -0.39 is 10.0 Å². The number of aromatic nitrogens is 1. The minimum Gasteiger partial charge on any atom is -0.506 e. The third-order valence-electron chi connectivity index (χ3n) is 5.14. The van der Waals surface area contributed by atoms with Crippen molar-refractivity contribution in [2.75, 3.05) is 4.72 Å². The van der Waals surface area contributed by atoms with Gasteiger partial charge in [-0.25, -0.2) is 13.4 Å². The van der Waals surface area contributed by atoms with E-state index in [1.165, 1.54) is 29.2 Å². The summed E-state index contributed by atoms with van der Waals surface area (Å²) < 4.78 is 31.0. The molecule has 0 spiro atoms. The average molecular weight is 513 g/mol. The molecule has 1 aromatic heterocycles. The van der Waals surface area contributed by atoms with Crippen LogP contribution in [0.3, 0.4) is 0 Å². The van der Waals surface area contributed by atoms with Crippen LogP contribution in [0.15, 0.2) is 86.9 Å². The molecule has 4 aromatic carbocycles. The molecule has 166 valence electrons. The Morgan fingerprint density at radius 2 is 1.73 bits per heavy atom. The highest BCUT2D eigenvalue weighted by Gasteiger charge is 2.21. The molecule has 0 radical (unpaired) electrons. The maximum absolute atomic E-state index is 13.2. The van der Waals surface area contributed by atoms with Crippen LogP contribution in [0, 0.1) is 6.92 Å². The number of anilines is 1. The quantitative estimate of drug-likeness (QED) is 0.246. The van der Waals surface area contributed by atoms with Crippen molar-refractivity contribution in [2.45, 2.75) is 21.1 Å². The number of phenols is 1. The number of aromatic hydroxyl groups is 1. The average Bonchev–Trinajstić information content (AvgIpc) is 3.21. The maximum atomic E-state index is 13.2. The summed E-state index contributed by atoms with van der Waals surface area (Å²) in [6, 6.07) is 21.3. The number of hydrogen-bond donors (Lipinski definition) is 2. The fraction of sp³-hybridized carbons (Fsp3) is 0.0417. The smallest absolute Gasteiger partial charge is 0.262 e. The Morgan fingerprint density at radius 1 is 1.00 bits per heavy atom. The third kappa shape index (κ3) is 4.27. The summed E-state index contributed by atoms with van der Waals surface area (Å²) in [5, 5.41) is 12.4. The summed E-state index contributed by atoms with van der Waals surface area (Å²) >= 11 is 8.87. The lowest BCUT2D eigenvalue weighted by molar-refractivity contribution is 0.469. The lowest BCUT2D eigenvalue weighted by atomic mass is 10.1. The summed E-state index contributed by atoms with van der Waals surface area (Å²) in [4.78, 5) is 5.23. The molecule has 0 bridgehead atoms. The highest BCUT2D eigenvalue weighted by atomic mass is 35.5. The van der Waals surface area contributed by atoms with Gasteiger partial charge in [0.25, 0.3) is 10.0 Å². The van der Waals surface area contributed by atoms with Gasteiger partial charge in [0, 0.05) is 15.8 Å². The SMILES string of the molecule is Cc1ccc(Cl)cc1S(=O)(=O)Nc1cc(Sc2nc3ccccc3s2)c(O)c2ccccc12. The summed E-state index contributed by atoms with van der Waals surface area (Å²) in [5.41, 5.74) is 1.83. The number of para-hydroxylation sites is 1. The molecule has 9 heteroatoms. The second-order valence-corrected chi connectivity index (χ2v) is 11.8. The fourth-order valence-electron chi connectivity index (χ4n) is 3.55. The van der Waals surface area contributed by atoms with Gasteiger partial charge in [0.05, 0.1) is 25.7 Å². The first-order valence-corrected chi connectivity index (χ1v) is 13.4. The molecule has 0 saturated carbocycles. The van der Waals surface area contributed by atoms with Gasteiger partial charge in [0.1, 0.15) is 5.75 Å². The van der Waals surface area contributed by atoms with Crippen LogP contribution in [0.1, 0.15) is 5.56 Å². The van der Waals surface area contributed by atoms with Crippen LogP contribution in [-0.4, -0.2) is 18.5 Å². The molecule has 5 rings (SSSR count). The van der Waals surface area contributed by atoms with E-state index in [0.29, 0.717) is 31.9 Å². The van der Waals surface area contributed by atoms with E-state index in [9.17, 15) is 13.5 Å². The van der Waals surface area contributed by atoms with Gasteiger partial charge in [-0.05, 0) is 42.8 Å². The molecule has 0 unspecified atom stereocenters. The Bertz CT molecular complexity index is 1600. The number of nitrogens with zero attached hydrogens (tertiary/aromatic N) is 1. The molecule has 0 amide bonds. The number of thiazole rings is 1. The van der Waals surface area contributed by atoms with Crippen molar-refractivity contribution in [2.24, 2.45) is 0 Å². The van der Waals surface area contributed by atoms with Gasteiger partial charge in [-0.15, -0.1) is 11.3 Å². The van der Waals surface area contributed by atoms with Crippen LogP contribution in [0.4, 0.5) is 5.69 Å². The molecule has 0 fully saturated rings. The number of rotatable bonds is 5. The molecule has 0 atom stereocenters. The Labute approximate surface area is 204 Å². The standard InChI is InChI=1S/C24H17ClN2O3S3/c1-14-10-11-15(25)12-22(14)33(29,30)27-19-13-21(23(28)17-7-3-2-6-16(17)19)32-24-26-18-8-4-5-9-20(18)31-24/h2-13,27-28H,1H3. The van der Waals surface area contributed by atoms with E-state index in [1.54, 1.807) is 49.4 Å². The summed E-state index contributed by atoms with van der Waals surface area (Å²) in [5.74, 6) is 0.0803. The number of fused-ring (bicyclic) bond motifs is 2. The van der Waals surface area contributed by atoms with Crippen molar-refractivity contribution >= 4 is 71.4 Å². The maximum Gasteiger partial charge on any atom is 0.262 e. The topological polar surface area (TPSA) is 79.3 Å². The summed E-state index contributed by atoms with van der Waals surface area (Å²) in [6.07, 6.45) is 0. The van der Waals surface area contributed by atoms with Crippen LogP contribution in [-0.2, 0) is 10.0 Å². The third-order valence-corrected chi connectivity index (χ3v) is 9.01. The number of aryl methyl sites for hydroxylation is 1. The van der Waals surface area contributed by atoms with Crippen LogP contribution in [0.2, 0.25) is 5.02 Å². The highest BCUT2D eigenvalue weighted by molar-refractivity contribution is 8.01. The monoisotopic (exact) mass is 512 g/mol. The number of phenolic OH excluding ortho intramolecular Hbond substituents is 1.